The van der Waals surface area contributed by atoms with Gasteiger partial charge in [0.2, 0.25) is 0 Å². The summed E-state index contributed by atoms with van der Waals surface area (Å²) < 4.78 is 1.05. The first-order chi connectivity index (χ1) is 10.2. The van der Waals surface area contributed by atoms with E-state index in [0.29, 0.717) is 15.7 Å². The van der Waals surface area contributed by atoms with Crippen molar-refractivity contribution in [2.45, 2.75) is 4.90 Å². The number of fused-ring (bicyclic) bond motifs is 1. The Morgan fingerprint density at radius 2 is 2.05 bits per heavy atom. The molecule has 0 bridgehead atoms. The molecule has 1 aromatic heterocycles. The molecule has 0 spiro atoms. The molecule has 106 valence electrons. The zero-order valence-electron chi connectivity index (χ0n) is 11.1. The van der Waals surface area contributed by atoms with Gasteiger partial charge in [-0.05, 0) is 30.5 Å². The summed E-state index contributed by atoms with van der Waals surface area (Å²) in [4.78, 5) is 17.8. The molecule has 2 aromatic carbocycles. The number of carbonyl (C=O) groups is 1. The second-order valence-electron chi connectivity index (χ2n) is 4.26. The van der Waals surface area contributed by atoms with Crippen molar-refractivity contribution in [3.8, 4) is 0 Å². The molecular weight excluding hydrogens is 324 g/mol. The highest BCUT2D eigenvalue weighted by molar-refractivity contribution is 7.98. The summed E-state index contributed by atoms with van der Waals surface area (Å²) in [6.07, 6.45) is 2.01. The Hall–Kier alpha value is -1.56. The lowest BCUT2D eigenvalue weighted by Crippen LogP contribution is -2.12. The smallest absolute Gasteiger partial charge is 0.258 e. The summed E-state index contributed by atoms with van der Waals surface area (Å²) >= 11 is 9.13. The van der Waals surface area contributed by atoms with Crippen LogP contribution in [0.4, 0.5) is 5.13 Å². The number of thiazole rings is 1. The van der Waals surface area contributed by atoms with E-state index in [0.717, 1.165) is 15.1 Å². The van der Waals surface area contributed by atoms with E-state index in [9.17, 15) is 4.79 Å². The number of hydrogen-bond donors (Lipinski definition) is 1. The van der Waals surface area contributed by atoms with Gasteiger partial charge < -0.3 is 0 Å². The van der Waals surface area contributed by atoms with E-state index in [2.05, 4.69) is 10.3 Å². The molecule has 3 aromatic rings. The first-order valence-corrected chi connectivity index (χ1v) is 8.60. The molecule has 6 heteroatoms. The highest BCUT2D eigenvalue weighted by Gasteiger charge is 2.13. The van der Waals surface area contributed by atoms with Crippen molar-refractivity contribution < 1.29 is 4.79 Å². The van der Waals surface area contributed by atoms with E-state index >= 15 is 0 Å². The fourth-order valence-electron chi connectivity index (χ4n) is 1.95. The molecule has 3 rings (SSSR count). The minimum Gasteiger partial charge on any atom is -0.298 e. The number of nitrogens with zero attached hydrogens (tertiary/aromatic N) is 1. The van der Waals surface area contributed by atoms with Gasteiger partial charge in [-0.1, -0.05) is 41.1 Å². The van der Waals surface area contributed by atoms with E-state index in [1.807, 2.05) is 24.5 Å². The van der Waals surface area contributed by atoms with Crippen LogP contribution in [0.3, 0.4) is 0 Å². The summed E-state index contributed by atoms with van der Waals surface area (Å²) in [5.41, 5.74) is 1.37. The molecule has 0 atom stereocenters. The summed E-state index contributed by atoms with van der Waals surface area (Å²) in [7, 11) is 0. The predicted octanol–water partition coefficient (Wildman–Crippen LogP) is 4.92. The van der Waals surface area contributed by atoms with Gasteiger partial charge in [-0.15, -0.1) is 11.8 Å². The minimum atomic E-state index is -0.245. The molecular formula is C15H11ClN2OS2. The van der Waals surface area contributed by atoms with Crippen molar-refractivity contribution in [2.75, 3.05) is 11.6 Å². The predicted molar refractivity (Wildman–Crippen MR) is 90.8 cm³/mol. The Morgan fingerprint density at radius 1 is 1.24 bits per heavy atom. The van der Waals surface area contributed by atoms with E-state index < -0.39 is 0 Å². The highest BCUT2D eigenvalue weighted by Crippen LogP contribution is 2.32. The Labute approximate surface area is 135 Å². The second-order valence-corrected chi connectivity index (χ2v) is 6.55. The van der Waals surface area contributed by atoms with Crippen LogP contribution in [-0.2, 0) is 0 Å². The van der Waals surface area contributed by atoms with Crippen LogP contribution in [0.1, 0.15) is 10.4 Å². The van der Waals surface area contributed by atoms with Gasteiger partial charge in [0, 0.05) is 4.90 Å². The van der Waals surface area contributed by atoms with Gasteiger partial charge in [-0.2, -0.15) is 0 Å². The highest BCUT2D eigenvalue weighted by atomic mass is 35.5. The van der Waals surface area contributed by atoms with Gasteiger partial charge in [-0.25, -0.2) is 4.98 Å². The van der Waals surface area contributed by atoms with E-state index in [1.54, 1.807) is 36.0 Å². The number of carbonyl (C=O) groups excluding carboxylic acids is 1. The fourth-order valence-corrected chi connectivity index (χ4v) is 3.69. The standard InChI is InChI=1S/C15H11ClN2OS2/c1-20-11-7-4-8-12-13(11)17-15(21-12)18-14(19)9-5-2-3-6-10(9)16/h2-8H,1H3,(H,17,18,19). The first-order valence-electron chi connectivity index (χ1n) is 6.18. The number of hydrogen-bond acceptors (Lipinski definition) is 4. The average Bonchev–Trinajstić information content (AvgIpc) is 2.89. The van der Waals surface area contributed by atoms with Crippen LogP contribution in [-0.4, -0.2) is 17.1 Å². The molecule has 1 amide bonds. The number of halogens is 1. The van der Waals surface area contributed by atoms with Crippen LogP contribution < -0.4 is 5.32 Å². The molecule has 0 radical (unpaired) electrons. The maximum absolute atomic E-state index is 12.2. The van der Waals surface area contributed by atoms with Crippen LogP contribution in [0.5, 0.6) is 0 Å². The van der Waals surface area contributed by atoms with Crippen LogP contribution in [0.25, 0.3) is 10.2 Å². The third kappa shape index (κ3) is 2.90. The maximum atomic E-state index is 12.2. The molecule has 0 unspecified atom stereocenters. The molecule has 0 saturated heterocycles. The molecule has 3 nitrogen and oxygen atoms in total. The lowest BCUT2D eigenvalue weighted by atomic mass is 10.2. The van der Waals surface area contributed by atoms with Gasteiger partial charge >= 0.3 is 0 Å². The zero-order valence-corrected chi connectivity index (χ0v) is 13.5. The van der Waals surface area contributed by atoms with Gasteiger partial charge in [0.05, 0.1) is 20.8 Å². The van der Waals surface area contributed by atoms with E-state index in [1.165, 1.54) is 11.3 Å². The zero-order chi connectivity index (χ0) is 14.8. The topological polar surface area (TPSA) is 42.0 Å². The van der Waals surface area contributed by atoms with Crippen LogP contribution >= 0.6 is 34.7 Å². The second kappa shape index (κ2) is 6.05. The van der Waals surface area contributed by atoms with Gasteiger partial charge in [-0.3, -0.25) is 10.1 Å². The lowest BCUT2D eigenvalue weighted by Gasteiger charge is -2.03. The summed E-state index contributed by atoms with van der Waals surface area (Å²) in [5.74, 6) is -0.245. The Bertz CT molecular complexity index is 816. The monoisotopic (exact) mass is 334 g/mol. The molecule has 0 aliphatic carbocycles. The normalized spacial score (nSPS) is 10.8. The number of aromatic nitrogens is 1. The van der Waals surface area contributed by atoms with Crippen molar-refractivity contribution in [2.24, 2.45) is 0 Å². The van der Waals surface area contributed by atoms with E-state index in [-0.39, 0.29) is 5.91 Å². The van der Waals surface area contributed by atoms with Crippen LogP contribution in [0.15, 0.2) is 47.4 Å². The van der Waals surface area contributed by atoms with Gasteiger partial charge in [0.25, 0.3) is 5.91 Å². The molecule has 1 N–H and O–H groups in total. The van der Waals surface area contributed by atoms with Crippen LogP contribution in [0, 0.1) is 0 Å². The Balaban J connectivity index is 1.92. The maximum Gasteiger partial charge on any atom is 0.258 e. The SMILES string of the molecule is CSc1cccc2sc(NC(=O)c3ccccc3Cl)nc12. The number of para-hydroxylation sites is 1. The van der Waals surface area contributed by atoms with Crippen molar-refractivity contribution in [3.63, 3.8) is 0 Å². The van der Waals surface area contributed by atoms with Crippen LogP contribution in [0.2, 0.25) is 5.02 Å². The number of amides is 1. The molecule has 0 fully saturated rings. The average molecular weight is 335 g/mol. The number of anilines is 1. The van der Waals surface area contributed by atoms with Gasteiger partial charge in [0.1, 0.15) is 0 Å². The molecule has 1 heterocycles. The minimum absolute atomic E-state index is 0.245. The molecule has 21 heavy (non-hydrogen) atoms. The number of rotatable bonds is 3. The Kier molecular flexibility index (Phi) is 4.14. The summed E-state index contributed by atoms with van der Waals surface area (Å²) in [5, 5.41) is 3.83. The number of benzene rings is 2. The Morgan fingerprint density at radius 3 is 2.81 bits per heavy atom. The number of thioether (sulfide) groups is 1. The van der Waals surface area contributed by atoms with Crippen molar-refractivity contribution in [1.29, 1.82) is 0 Å². The summed E-state index contributed by atoms with van der Waals surface area (Å²) in [6, 6.07) is 13.0. The molecule has 0 saturated carbocycles. The third-order valence-electron chi connectivity index (χ3n) is 2.94. The van der Waals surface area contributed by atoms with Crippen molar-refractivity contribution >= 4 is 56.0 Å². The molecule has 0 aliphatic heterocycles. The first kappa shape index (κ1) is 14.4. The lowest BCUT2D eigenvalue weighted by molar-refractivity contribution is 0.102. The quantitative estimate of drug-likeness (QED) is 0.691. The third-order valence-corrected chi connectivity index (χ3v) is 4.98. The molecule has 0 aliphatic rings. The van der Waals surface area contributed by atoms with Crippen molar-refractivity contribution in [1.82, 2.24) is 4.98 Å². The van der Waals surface area contributed by atoms with Crippen molar-refractivity contribution in [3.05, 3.63) is 53.1 Å². The van der Waals surface area contributed by atoms with Gasteiger partial charge in [0.15, 0.2) is 5.13 Å². The summed E-state index contributed by atoms with van der Waals surface area (Å²) in [6.45, 7) is 0. The number of nitrogens with one attached hydrogen (secondary N) is 1. The fraction of sp³-hybridized carbons (Fsp3) is 0.0667. The van der Waals surface area contributed by atoms with E-state index in [4.69, 9.17) is 11.6 Å². The largest absolute Gasteiger partial charge is 0.298 e.